The van der Waals surface area contributed by atoms with Gasteiger partial charge in [0.05, 0.1) is 32.3 Å². The molecule has 0 aliphatic carbocycles. The van der Waals surface area contributed by atoms with Gasteiger partial charge in [-0.2, -0.15) is 0 Å². The topological polar surface area (TPSA) is 84.2 Å². The Balaban J connectivity index is 1.87. The quantitative estimate of drug-likeness (QED) is 0.360. The molecule has 7 nitrogen and oxygen atoms in total. The van der Waals surface area contributed by atoms with E-state index in [-0.39, 0.29) is 28.6 Å². The molecular formula is C27H24O7. The van der Waals surface area contributed by atoms with Gasteiger partial charge in [0.15, 0.2) is 17.3 Å². The van der Waals surface area contributed by atoms with E-state index in [1.54, 1.807) is 12.1 Å². The molecule has 7 heteroatoms. The van der Waals surface area contributed by atoms with Crippen LogP contribution in [-0.4, -0.2) is 27.3 Å². The number of hydrogen-bond acceptors (Lipinski definition) is 7. The van der Waals surface area contributed by atoms with Gasteiger partial charge >= 0.3 is 5.97 Å². The first kappa shape index (κ1) is 22.9. The maximum absolute atomic E-state index is 13.4. The van der Waals surface area contributed by atoms with E-state index in [1.807, 2.05) is 44.2 Å². The first-order chi connectivity index (χ1) is 16.4. The van der Waals surface area contributed by atoms with Crippen LogP contribution in [0.3, 0.4) is 0 Å². The van der Waals surface area contributed by atoms with Crippen LogP contribution in [0.2, 0.25) is 0 Å². The third-order valence-electron chi connectivity index (χ3n) is 5.41. The van der Waals surface area contributed by atoms with Crippen molar-refractivity contribution in [3.63, 3.8) is 0 Å². The Bertz CT molecular complexity index is 1410. The Labute approximate surface area is 196 Å². The molecule has 0 unspecified atom stereocenters. The van der Waals surface area contributed by atoms with Gasteiger partial charge in [-0.1, -0.05) is 41.5 Å². The summed E-state index contributed by atoms with van der Waals surface area (Å²) in [6, 6.07) is 15.6. The third kappa shape index (κ3) is 4.20. The molecule has 1 heterocycles. The highest BCUT2D eigenvalue weighted by Crippen LogP contribution is 2.39. The Morgan fingerprint density at radius 1 is 0.765 bits per heavy atom. The van der Waals surface area contributed by atoms with Crippen LogP contribution in [0.25, 0.3) is 22.3 Å². The van der Waals surface area contributed by atoms with Crippen LogP contribution < -0.4 is 24.4 Å². The van der Waals surface area contributed by atoms with Gasteiger partial charge in [-0.25, -0.2) is 4.79 Å². The van der Waals surface area contributed by atoms with E-state index in [4.69, 9.17) is 23.4 Å². The number of rotatable bonds is 6. The molecule has 0 radical (unpaired) electrons. The minimum absolute atomic E-state index is 0.119. The van der Waals surface area contributed by atoms with E-state index in [0.717, 1.165) is 11.1 Å². The van der Waals surface area contributed by atoms with Crippen molar-refractivity contribution in [1.82, 2.24) is 0 Å². The predicted octanol–water partition coefficient (Wildman–Crippen LogP) is 5.32. The molecule has 4 aromatic rings. The molecule has 0 saturated carbocycles. The monoisotopic (exact) mass is 460 g/mol. The summed E-state index contributed by atoms with van der Waals surface area (Å²) in [6.45, 7) is 3.82. The van der Waals surface area contributed by atoms with Crippen LogP contribution in [0, 0.1) is 13.8 Å². The number of carbonyl (C=O) groups is 1. The fourth-order valence-electron chi connectivity index (χ4n) is 3.63. The van der Waals surface area contributed by atoms with Crippen molar-refractivity contribution in [3.05, 3.63) is 81.5 Å². The highest BCUT2D eigenvalue weighted by Gasteiger charge is 2.24. The number of carbonyl (C=O) groups excluding carboxylic acids is 1. The molecule has 0 N–H and O–H groups in total. The first-order valence-corrected chi connectivity index (χ1v) is 10.5. The molecule has 0 aliphatic rings. The van der Waals surface area contributed by atoms with Gasteiger partial charge in [0.1, 0.15) is 5.58 Å². The number of aryl methyl sites for hydroxylation is 2. The van der Waals surface area contributed by atoms with Crippen LogP contribution in [0.4, 0.5) is 0 Å². The number of fused-ring (bicyclic) bond motifs is 1. The normalized spacial score (nSPS) is 10.7. The summed E-state index contributed by atoms with van der Waals surface area (Å²) in [7, 11) is 4.36. The van der Waals surface area contributed by atoms with Gasteiger partial charge in [0.2, 0.25) is 16.9 Å². The van der Waals surface area contributed by atoms with Gasteiger partial charge in [0.25, 0.3) is 0 Å². The summed E-state index contributed by atoms with van der Waals surface area (Å²) in [5.74, 6) is 0.111. The van der Waals surface area contributed by atoms with Gasteiger partial charge < -0.3 is 23.4 Å². The van der Waals surface area contributed by atoms with Crippen molar-refractivity contribution in [2.45, 2.75) is 13.8 Å². The summed E-state index contributed by atoms with van der Waals surface area (Å²) < 4.78 is 27.7. The molecular weight excluding hydrogens is 436 g/mol. The SMILES string of the molecule is COc1cc(C(=O)Oc2c(-c3ccc(C)cc3)oc3ccc(C)cc3c2=O)cc(OC)c1OC. The van der Waals surface area contributed by atoms with Crippen molar-refractivity contribution in [3.8, 4) is 34.3 Å². The molecule has 4 rings (SSSR count). The smallest absolute Gasteiger partial charge is 0.344 e. The average Bonchev–Trinajstić information content (AvgIpc) is 2.85. The second kappa shape index (κ2) is 9.31. The molecule has 1 aromatic heterocycles. The van der Waals surface area contributed by atoms with Crippen LogP contribution in [0.1, 0.15) is 21.5 Å². The van der Waals surface area contributed by atoms with Crippen LogP contribution in [0.5, 0.6) is 23.0 Å². The molecule has 0 spiro atoms. The first-order valence-electron chi connectivity index (χ1n) is 10.5. The Morgan fingerprint density at radius 3 is 1.97 bits per heavy atom. The highest BCUT2D eigenvalue weighted by atomic mass is 16.5. The second-order valence-electron chi connectivity index (χ2n) is 7.76. The maximum Gasteiger partial charge on any atom is 0.344 e. The van der Waals surface area contributed by atoms with Crippen LogP contribution in [0.15, 0.2) is 63.8 Å². The van der Waals surface area contributed by atoms with E-state index in [1.165, 1.54) is 33.5 Å². The number of benzene rings is 3. The summed E-state index contributed by atoms with van der Waals surface area (Å²) in [5, 5.41) is 0.323. The summed E-state index contributed by atoms with van der Waals surface area (Å²) >= 11 is 0. The predicted molar refractivity (Wildman–Crippen MR) is 128 cm³/mol. The molecule has 0 fully saturated rings. The lowest BCUT2D eigenvalue weighted by Gasteiger charge is -2.14. The molecule has 0 atom stereocenters. The van der Waals surface area contributed by atoms with E-state index >= 15 is 0 Å². The van der Waals surface area contributed by atoms with E-state index in [2.05, 4.69) is 0 Å². The highest BCUT2D eigenvalue weighted by molar-refractivity contribution is 5.94. The third-order valence-corrected chi connectivity index (χ3v) is 5.41. The van der Waals surface area contributed by atoms with E-state index < -0.39 is 11.4 Å². The lowest BCUT2D eigenvalue weighted by Crippen LogP contribution is -2.16. The molecule has 0 bridgehead atoms. The Kier molecular flexibility index (Phi) is 6.27. The summed E-state index contributed by atoms with van der Waals surface area (Å²) in [4.78, 5) is 26.6. The fourth-order valence-corrected chi connectivity index (χ4v) is 3.63. The van der Waals surface area contributed by atoms with E-state index in [0.29, 0.717) is 22.3 Å². The van der Waals surface area contributed by atoms with Crippen LogP contribution >= 0.6 is 0 Å². The van der Waals surface area contributed by atoms with Gasteiger partial charge in [0, 0.05) is 5.56 Å². The number of hydrogen-bond donors (Lipinski definition) is 0. The van der Waals surface area contributed by atoms with Gasteiger partial charge in [-0.05, 0) is 38.1 Å². The van der Waals surface area contributed by atoms with E-state index in [9.17, 15) is 9.59 Å². The summed E-state index contributed by atoms with van der Waals surface area (Å²) in [6.07, 6.45) is 0. The minimum Gasteiger partial charge on any atom is -0.493 e. The fraction of sp³-hybridized carbons (Fsp3) is 0.185. The van der Waals surface area contributed by atoms with Crippen molar-refractivity contribution >= 4 is 16.9 Å². The number of ether oxygens (including phenoxy) is 4. The Morgan fingerprint density at radius 2 is 1.38 bits per heavy atom. The zero-order valence-corrected chi connectivity index (χ0v) is 19.6. The lowest BCUT2D eigenvalue weighted by molar-refractivity contribution is 0.0730. The van der Waals surface area contributed by atoms with Gasteiger partial charge in [-0.3, -0.25) is 4.79 Å². The van der Waals surface area contributed by atoms with Crippen molar-refractivity contribution in [1.29, 1.82) is 0 Å². The largest absolute Gasteiger partial charge is 0.493 e. The zero-order chi connectivity index (χ0) is 24.4. The average molecular weight is 460 g/mol. The molecule has 34 heavy (non-hydrogen) atoms. The molecule has 0 aliphatic heterocycles. The number of methoxy groups -OCH3 is 3. The Hall–Kier alpha value is -4.26. The van der Waals surface area contributed by atoms with Gasteiger partial charge in [-0.15, -0.1) is 0 Å². The van der Waals surface area contributed by atoms with Crippen molar-refractivity contribution in [2.75, 3.05) is 21.3 Å². The molecule has 174 valence electrons. The summed E-state index contributed by atoms with van der Waals surface area (Å²) in [5.41, 5.74) is 2.61. The zero-order valence-electron chi connectivity index (χ0n) is 19.6. The number of esters is 1. The molecule has 0 saturated heterocycles. The standard InChI is InChI=1S/C27H24O7/c1-15-6-9-17(10-7-15)24-26(23(28)19-12-16(2)8-11-20(19)33-24)34-27(29)18-13-21(30-3)25(32-5)22(14-18)31-4/h6-14H,1-5H3. The molecule has 0 amide bonds. The minimum atomic E-state index is -0.771. The second-order valence-corrected chi connectivity index (χ2v) is 7.76. The van der Waals surface area contributed by atoms with Crippen molar-refractivity contribution in [2.24, 2.45) is 0 Å². The molecule has 3 aromatic carbocycles. The van der Waals surface area contributed by atoms with Crippen molar-refractivity contribution < 1.29 is 28.2 Å². The lowest BCUT2D eigenvalue weighted by atomic mass is 10.1. The van der Waals surface area contributed by atoms with Crippen LogP contribution in [-0.2, 0) is 0 Å². The maximum atomic E-state index is 13.4.